The molecular formula is C22H23ClN2O2S. The highest BCUT2D eigenvalue weighted by Crippen LogP contribution is 2.34. The number of halogens is 1. The van der Waals surface area contributed by atoms with Crippen LogP contribution in [0.15, 0.2) is 42.7 Å². The van der Waals surface area contributed by atoms with Crippen LogP contribution in [0.1, 0.15) is 31.9 Å². The molecule has 0 saturated carbocycles. The first kappa shape index (κ1) is 20.4. The standard InChI is InChI=1S/C22H23ClN2O2S/c1-5-17-15(11-12-26-4)7-6-8-18(17)21-24-22(28-25-21)16-9-10-20(19(23)13-16)27-14(2)3/h6-14H,5H2,1-4H3/b12-11+. The zero-order chi connectivity index (χ0) is 20.1. The Morgan fingerprint density at radius 3 is 2.71 bits per heavy atom. The van der Waals surface area contributed by atoms with Gasteiger partial charge in [-0.2, -0.15) is 4.37 Å². The Labute approximate surface area is 175 Å². The van der Waals surface area contributed by atoms with Gasteiger partial charge in [0.1, 0.15) is 10.8 Å². The highest BCUT2D eigenvalue weighted by atomic mass is 35.5. The number of nitrogens with zero attached hydrogens (tertiary/aromatic N) is 2. The van der Waals surface area contributed by atoms with Crippen LogP contribution in [0.3, 0.4) is 0 Å². The summed E-state index contributed by atoms with van der Waals surface area (Å²) < 4.78 is 15.4. The van der Waals surface area contributed by atoms with Gasteiger partial charge in [0.05, 0.1) is 24.5 Å². The molecule has 28 heavy (non-hydrogen) atoms. The van der Waals surface area contributed by atoms with Gasteiger partial charge < -0.3 is 9.47 Å². The predicted molar refractivity (Wildman–Crippen MR) is 117 cm³/mol. The van der Waals surface area contributed by atoms with Crippen molar-refractivity contribution in [1.29, 1.82) is 0 Å². The molecule has 146 valence electrons. The van der Waals surface area contributed by atoms with Gasteiger partial charge in [0.15, 0.2) is 5.82 Å². The van der Waals surface area contributed by atoms with E-state index in [1.807, 2.05) is 44.2 Å². The topological polar surface area (TPSA) is 44.2 Å². The second-order valence-corrected chi connectivity index (χ2v) is 7.66. The van der Waals surface area contributed by atoms with Gasteiger partial charge in [-0.15, -0.1) is 0 Å². The molecule has 0 fully saturated rings. The maximum absolute atomic E-state index is 6.38. The van der Waals surface area contributed by atoms with Crippen LogP contribution in [0.4, 0.5) is 0 Å². The molecule has 0 aliphatic rings. The number of aromatic nitrogens is 2. The van der Waals surface area contributed by atoms with Crippen LogP contribution in [-0.2, 0) is 11.2 Å². The highest BCUT2D eigenvalue weighted by Gasteiger charge is 2.14. The first-order chi connectivity index (χ1) is 13.5. The van der Waals surface area contributed by atoms with E-state index in [9.17, 15) is 0 Å². The summed E-state index contributed by atoms with van der Waals surface area (Å²) >= 11 is 7.74. The number of hydrogen-bond acceptors (Lipinski definition) is 5. The van der Waals surface area contributed by atoms with Gasteiger partial charge in [-0.1, -0.05) is 36.7 Å². The summed E-state index contributed by atoms with van der Waals surface area (Å²) in [4.78, 5) is 4.77. The molecule has 4 nitrogen and oxygen atoms in total. The SMILES string of the molecule is CCc1c(/C=C/OC)cccc1-c1nsc(-c2ccc(OC(C)C)c(Cl)c2)n1. The van der Waals surface area contributed by atoms with Crippen LogP contribution in [-0.4, -0.2) is 22.6 Å². The Morgan fingerprint density at radius 2 is 2.04 bits per heavy atom. The van der Waals surface area contributed by atoms with E-state index in [2.05, 4.69) is 23.4 Å². The van der Waals surface area contributed by atoms with Crippen LogP contribution in [0, 0.1) is 0 Å². The Balaban J connectivity index is 1.95. The van der Waals surface area contributed by atoms with Crippen molar-refractivity contribution in [3.63, 3.8) is 0 Å². The van der Waals surface area contributed by atoms with Crippen LogP contribution in [0.5, 0.6) is 5.75 Å². The highest BCUT2D eigenvalue weighted by molar-refractivity contribution is 7.09. The second-order valence-electron chi connectivity index (χ2n) is 6.50. The fourth-order valence-electron chi connectivity index (χ4n) is 2.94. The van der Waals surface area contributed by atoms with Crippen molar-refractivity contribution in [2.45, 2.75) is 33.3 Å². The molecule has 0 atom stereocenters. The van der Waals surface area contributed by atoms with Crippen molar-refractivity contribution in [1.82, 2.24) is 9.36 Å². The molecule has 6 heteroatoms. The third-order valence-electron chi connectivity index (χ3n) is 4.16. The van der Waals surface area contributed by atoms with E-state index in [1.165, 1.54) is 17.1 Å². The van der Waals surface area contributed by atoms with Crippen LogP contribution in [0.2, 0.25) is 5.02 Å². The smallest absolute Gasteiger partial charge is 0.173 e. The van der Waals surface area contributed by atoms with Gasteiger partial charge in [0, 0.05) is 11.1 Å². The third kappa shape index (κ3) is 4.54. The molecule has 0 saturated heterocycles. The van der Waals surface area contributed by atoms with Gasteiger partial charge in [-0.3, -0.25) is 0 Å². The van der Waals surface area contributed by atoms with E-state index in [4.69, 9.17) is 26.1 Å². The molecule has 0 radical (unpaired) electrons. The van der Waals surface area contributed by atoms with E-state index in [-0.39, 0.29) is 6.10 Å². The Morgan fingerprint density at radius 1 is 1.21 bits per heavy atom. The van der Waals surface area contributed by atoms with Crippen LogP contribution < -0.4 is 4.74 Å². The van der Waals surface area contributed by atoms with Gasteiger partial charge in [-0.25, -0.2) is 4.98 Å². The second kappa shape index (κ2) is 9.22. The Hall–Kier alpha value is -2.37. The zero-order valence-electron chi connectivity index (χ0n) is 16.4. The average Bonchev–Trinajstić information content (AvgIpc) is 3.17. The number of rotatable bonds is 7. The normalized spacial score (nSPS) is 11.4. The lowest BCUT2D eigenvalue weighted by Gasteiger charge is -2.11. The van der Waals surface area contributed by atoms with Gasteiger partial charge in [-0.05, 0) is 67.2 Å². The minimum Gasteiger partial charge on any atom is -0.504 e. The van der Waals surface area contributed by atoms with Gasteiger partial charge >= 0.3 is 0 Å². The Bertz CT molecular complexity index is 982. The summed E-state index contributed by atoms with van der Waals surface area (Å²) in [5.74, 6) is 1.40. The van der Waals surface area contributed by atoms with Crippen LogP contribution in [0.25, 0.3) is 28.0 Å². The maximum Gasteiger partial charge on any atom is 0.173 e. The minimum atomic E-state index is 0.0726. The summed E-state index contributed by atoms with van der Waals surface area (Å²) in [5.41, 5.74) is 4.27. The maximum atomic E-state index is 6.38. The molecule has 1 aromatic heterocycles. The molecule has 2 aromatic carbocycles. The van der Waals surface area contributed by atoms with Crippen molar-refractivity contribution < 1.29 is 9.47 Å². The van der Waals surface area contributed by atoms with Gasteiger partial charge in [0.2, 0.25) is 0 Å². The zero-order valence-corrected chi connectivity index (χ0v) is 18.0. The van der Waals surface area contributed by atoms with Crippen LogP contribution >= 0.6 is 23.1 Å². The molecule has 0 amide bonds. The molecule has 1 heterocycles. The lowest BCUT2D eigenvalue weighted by Crippen LogP contribution is -2.05. The number of benzene rings is 2. The summed E-state index contributed by atoms with van der Waals surface area (Å²) in [6.45, 7) is 6.08. The molecule has 0 bridgehead atoms. The van der Waals surface area contributed by atoms with E-state index in [1.54, 1.807) is 13.4 Å². The molecule has 0 unspecified atom stereocenters. The first-order valence-corrected chi connectivity index (χ1v) is 10.3. The minimum absolute atomic E-state index is 0.0726. The first-order valence-electron chi connectivity index (χ1n) is 9.15. The molecule has 0 N–H and O–H groups in total. The van der Waals surface area contributed by atoms with E-state index in [0.29, 0.717) is 10.8 Å². The predicted octanol–water partition coefficient (Wildman–Crippen LogP) is 6.49. The third-order valence-corrected chi connectivity index (χ3v) is 5.22. The molecule has 0 aliphatic heterocycles. The lowest BCUT2D eigenvalue weighted by molar-refractivity contribution is 0.242. The lowest BCUT2D eigenvalue weighted by atomic mass is 9.98. The number of methoxy groups -OCH3 is 1. The van der Waals surface area contributed by atoms with Crippen molar-refractivity contribution in [2.24, 2.45) is 0 Å². The van der Waals surface area contributed by atoms with Crippen molar-refractivity contribution >= 4 is 29.2 Å². The van der Waals surface area contributed by atoms with Crippen molar-refractivity contribution in [2.75, 3.05) is 7.11 Å². The van der Waals surface area contributed by atoms with Crippen molar-refractivity contribution in [3.05, 3.63) is 58.8 Å². The average molecular weight is 415 g/mol. The van der Waals surface area contributed by atoms with Crippen molar-refractivity contribution in [3.8, 4) is 27.7 Å². The molecule has 0 spiro atoms. The van der Waals surface area contributed by atoms with E-state index < -0.39 is 0 Å². The van der Waals surface area contributed by atoms with Gasteiger partial charge in [0.25, 0.3) is 0 Å². The molecule has 3 aromatic rings. The molecular weight excluding hydrogens is 392 g/mol. The summed E-state index contributed by atoms with van der Waals surface area (Å²) in [6, 6.07) is 11.9. The fourth-order valence-corrected chi connectivity index (χ4v) is 3.84. The molecule has 3 rings (SSSR count). The summed E-state index contributed by atoms with van der Waals surface area (Å²) in [5, 5.41) is 1.40. The summed E-state index contributed by atoms with van der Waals surface area (Å²) in [6.07, 6.45) is 4.59. The van der Waals surface area contributed by atoms with E-state index in [0.717, 1.165) is 33.9 Å². The fraction of sp³-hybridized carbons (Fsp3) is 0.273. The monoisotopic (exact) mass is 414 g/mol. The molecule has 0 aliphatic carbocycles. The quantitative estimate of drug-likeness (QED) is 0.414. The van der Waals surface area contributed by atoms with E-state index >= 15 is 0 Å². The number of hydrogen-bond donors (Lipinski definition) is 0. The number of ether oxygens (including phenoxy) is 2. The summed E-state index contributed by atoms with van der Waals surface area (Å²) in [7, 11) is 1.64. The Kier molecular flexibility index (Phi) is 6.70. The largest absolute Gasteiger partial charge is 0.504 e.